The van der Waals surface area contributed by atoms with E-state index in [9.17, 15) is 9.59 Å². The fourth-order valence-electron chi connectivity index (χ4n) is 3.54. The van der Waals surface area contributed by atoms with Crippen LogP contribution in [0.15, 0.2) is 29.4 Å². The molecule has 1 aromatic heterocycles. The Balaban J connectivity index is 1.64. The summed E-state index contributed by atoms with van der Waals surface area (Å²) < 4.78 is 2.34. The fraction of sp³-hybridized carbons (Fsp3) is 0.476. The minimum atomic E-state index is -0.0603. The van der Waals surface area contributed by atoms with Crippen LogP contribution < -0.4 is 5.32 Å². The highest BCUT2D eigenvalue weighted by molar-refractivity contribution is 7.99. The second-order valence-electron chi connectivity index (χ2n) is 7.19. The molecule has 6 heteroatoms. The Kier molecular flexibility index (Phi) is 6.37. The summed E-state index contributed by atoms with van der Waals surface area (Å²) in [5.41, 5.74) is 3.96. The molecule has 0 unspecified atom stereocenters. The van der Waals surface area contributed by atoms with Crippen LogP contribution in [0.3, 0.4) is 0 Å². The number of carbonyl (C=O) groups is 2. The van der Waals surface area contributed by atoms with E-state index in [1.807, 2.05) is 31.2 Å². The van der Waals surface area contributed by atoms with Gasteiger partial charge in [0.15, 0.2) is 10.9 Å². The summed E-state index contributed by atoms with van der Waals surface area (Å²) >= 11 is 1.54. The lowest BCUT2D eigenvalue weighted by molar-refractivity contribution is -0.119. The molecular weight excluding hydrogens is 358 g/mol. The van der Waals surface area contributed by atoms with E-state index in [1.54, 1.807) is 0 Å². The van der Waals surface area contributed by atoms with Crippen molar-refractivity contribution in [3.05, 3.63) is 46.8 Å². The van der Waals surface area contributed by atoms with Gasteiger partial charge in [-0.15, -0.1) is 0 Å². The molecule has 0 atom stereocenters. The summed E-state index contributed by atoms with van der Waals surface area (Å²) in [6, 6.07) is 7.97. The van der Waals surface area contributed by atoms with Crippen molar-refractivity contribution in [3.63, 3.8) is 0 Å². The van der Waals surface area contributed by atoms with Gasteiger partial charge in [0, 0.05) is 30.8 Å². The van der Waals surface area contributed by atoms with Crippen LogP contribution in [0.1, 0.15) is 66.0 Å². The molecule has 0 radical (unpaired) electrons. The molecule has 144 valence electrons. The number of benzene rings is 1. The predicted octanol–water partition coefficient (Wildman–Crippen LogP) is 4.23. The van der Waals surface area contributed by atoms with Gasteiger partial charge in [-0.1, -0.05) is 48.9 Å². The average Bonchev–Trinajstić information content (AvgIpc) is 3.27. The number of thioether (sulfide) groups is 1. The maximum absolute atomic E-state index is 12.6. The first kappa shape index (κ1) is 19.7. The maximum atomic E-state index is 12.6. The number of amides is 1. The van der Waals surface area contributed by atoms with E-state index in [-0.39, 0.29) is 11.7 Å². The van der Waals surface area contributed by atoms with E-state index in [0.29, 0.717) is 23.9 Å². The summed E-state index contributed by atoms with van der Waals surface area (Å²) in [6.45, 7) is 6.14. The van der Waals surface area contributed by atoms with Crippen LogP contribution in [-0.2, 0) is 11.3 Å². The van der Waals surface area contributed by atoms with Crippen LogP contribution in [0.2, 0.25) is 0 Å². The normalized spacial score (nSPS) is 14.5. The van der Waals surface area contributed by atoms with Crippen molar-refractivity contribution < 1.29 is 9.59 Å². The van der Waals surface area contributed by atoms with Crippen molar-refractivity contribution in [1.29, 1.82) is 0 Å². The lowest BCUT2D eigenvalue weighted by Crippen LogP contribution is -2.18. The number of aryl methyl sites for hydroxylation is 1. The van der Waals surface area contributed by atoms with Crippen molar-refractivity contribution in [2.45, 2.75) is 64.2 Å². The number of hydrogen-bond acceptors (Lipinski definition) is 4. The van der Waals surface area contributed by atoms with Crippen LogP contribution in [-0.4, -0.2) is 27.0 Å². The van der Waals surface area contributed by atoms with Crippen LogP contribution in [0.4, 0.5) is 0 Å². The molecule has 1 heterocycles. The number of rotatable bonds is 7. The summed E-state index contributed by atoms with van der Waals surface area (Å²) in [5.74, 6) is 0.422. The first-order chi connectivity index (χ1) is 13.0. The molecule has 2 aromatic rings. The second-order valence-corrected chi connectivity index (χ2v) is 8.13. The third kappa shape index (κ3) is 4.80. The van der Waals surface area contributed by atoms with Crippen LogP contribution >= 0.6 is 11.8 Å². The highest BCUT2D eigenvalue weighted by Crippen LogP contribution is 2.35. The SMILES string of the molecule is CC(=O)NCc1ccc(C(=O)CSc2nc(C)c(C)n2C2CCCC2)cc1. The number of nitrogens with one attached hydrogen (secondary N) is 1. The van der Waals surface area contributed by atoms with Crippen molar-refractivity contribution in [3.8, 4) is 0 Å². The van der Waals surface area contributed by atoms with Gasteiger partial charge in [0.1, 0.15) is 0 Å². The molecule has 1 aliphatic rings. The Morgan fingerprint density at radius 1 is 1.19 bits per heavy atom. The second kappa shape index (κ2) is 8.74. The van der Waals surface area contributed by atoms with E-state index in [2.05, 4.69) is 16.8 Å². The van der Waals surface area contributed by atoms with Crippen LogP contribution in [0.5, 0.6) is 0 Å². The standard InChI is InChI=1S/C21H27N3O2S/c1-14-15(2)24(19-6-4-5-7-19)21(23-14)27-13-20(26)18-10-8-17(9-11-18)12-22-16(3)25/h8-11,19H,4-7,12-13H2,1-3H3,(H,22,25). The summed E-state index contributed by atoms with van der Waals surface area (Å²) in [6.07, 6.45) is 4.95. The number of nitrogens with zero attached hydrogens (tertiary/aromatic N) is 2. The van der Waals surface area contributed by atoms with E-state index < -0.39 is 0 Å². The first-order valence-electron chi connectivity index (χ1n) is 9.50. The van der Waals surface area contributed by atoms with Gasteiger partial charge in [-0.25, -0.2) is 4.98 Å². The van der Waals surface area contributed by atoms with Gasteiger partial charge >= 0.3 is 0 Å². The van der Waals surface area contributed by atoms with Gasteiger partial charge in [0.25, 0.3) is 0 Å². The highest BCUT2D eigenvalue weighted by atomic mass is 32.2. The Labute approximate surface area is 164 Å². The van der Waals surface area contributed by atoms with Crippen LogP contribution in [0, 0.1) is 13.8 Å². The molecule has 1 aliphatic carbocycles. The number of Topliss-reactive ketones (excluding diaryl/α,β-unsaturated/α-hetero) is 1. The quantitative estimate of drug-likeness (QED) is 0.572. The smallest absolute Gasteiger partial charge is 0.217 e. The zero-order chi connectivity index (χ0) is 19.4. The summed E-state index contributed by atoms with van der Waals surface area (Å²) in [7, 11) is 0. The van der Waals surface area contributed by atoms with Gasteiger partial charge in [0.05, 0.1) is 11.4 Å². The van der Waals surface area contributed by atoms with E-state index in [4.69, 9.17) is 4.98 Å². The number of ketones is 1. The van der Waals surface area contributed by atoms with E-state index >= 15 is 0 Å². The lowest BCUT2D eigenvalue weighted by Gasteiger charge is -2.16. The fourth-order valence-corrected chi connectivity index (χ4v) is 4.59. The Morgan fingerprint density at radius 3 is 2.48 bits per heavy atom. The average molecular weight is 386 g/mol. The number of aromatic nitrogens is 2. The largest absolute Gasteiger partial charge is 0.352 e. The molecular formula is C21H27N3O2S. The molecule has 0 bridgehead atoms. The molecule has 27 heavy (non-hydrogen) atoms. The van der Waals surface area contributed by atoms with Gasteiger partial charge in [-0.3, -0.25) is 9.59 Å². The molecule has 1 N–H and O–H groups in total. The van der Waals surface area contributed by atoms with Crippen molar-refractivity contribution in [1.82, 2.24) is 14.9 Å². The van der Waals surface area contributed by atoms with Gasteiger partial charge in [0.2, 0.25) is 5.91 Å². The molecule has 0 saturated heterocycles. The van der Waals surface area contributed by atoms with E-state index in [1.165, 1.54) is 50.1 Å². The van der Waals surface area contributed by atoms with E-state index in [0.717, 1.165) is 16.4 Å². The van der Waals surface area contributed by atoms with Crippen molar-refractivity contribution >= 4 is 23.5 Å². The lowest BCUT2D eigenvalue weighted by atomic mass is 10.1. The highest BCUT2D eigenvalue weighted by Gasteiger charge is 2.23. The molecule has 0 spiro atoms. The van der Waals surface area contributed by atoms with Crippen molar-refractivity contribution in [2.24, 2.45) is 0 Å². The summed E-state index contributed by atoms with van der Waals surface area (Å²) in [4.78, 5) is 28.3. The Morgan fingerprint density at radius 2 is 1.85 bits per heavy atom. The Bertz CT molecular complexity index is 821. The Hall–Kier alpha value is -2.08. The van der Waals surface area contributed by atoms with Gasteiger partial charge in [-0.05, 0) is 32.3 Å². The number of imidazole rings is 1. The zero-order valence-electron chi connectivity index (χ0n) is 16.2. The minimum Gasteiger partial charge on any atom is -0.352 e. The summed E-state index contributed by atoms with van der Waals surface area (Å²) in [5, 5.41) is 3.72. The third-order valence-corrected chi connectivity index (χ3v) is 6.15. The van der Waals surface area contributed by atoms with Gasteiger partial charge in [-0.2, -0.15) is 0 Å². The topological polar surface area (TPSA) is 64.0 Å². The third-order valence-electron chi connectivity index (χ3n) is 5.19. The minimum absolute atomic E-state index is 0.0603. The molecule has 1 amide bonds. The number of hydrogen-bond donors (Lipinski definition) is 1. The predicted molar refractivity (Wildman–Crippen MR) is 108 cm³/mol. The molecule has 1 aromatic carbocycles. The molecule has 5 nitrogen and oxygen atoms in total. The molecule has 3 rings (SSSR count). The van der Waals surface area contributed by atoms with Crippen LogP contribution in [0.25, 0.3) is 0 Å². The zero-order valence-corrected chi connectivity index (χ0v) is 17.1. The molecule has 1 fully saturated rings. The first-order valence-corrected chi connectivity index (χ1v) is 10.5. The van der Waals surface area contributed by atoms with Gasteiger partial charge < -0.3 is 9.88 Å². The van der Waals surface area contributed by atoms with Crippen molar-refractivity contribution in [2.75, 3.05) is 5.75 Å². The maximum Gasteiger partial charge on any atom is 0.217 e. The molecule has 0 aliphatic heterocycles. The monoisotopic (exact) mass is 385 g/mol. The molecule has 1 saturated carbocycles. The number of carbonyl (C=O) groups excluding carboxylic acids is 2.